The molecule has 0 saturated carbocycles. The first-order valence-corrected chi connectivity index (χ1v) is 2.07. The second kappa shape index (κ2) is 4.11. The summed E-state index contributed by atoms with van der Waals surface area (Å²) in [5, 5.41) is 11.0. The Morgan fingerprint density at radius 1 is 1.88 bits per heavy atom. The predicted molar refractivity (Wildman–Crippen MR) is 27.8 cm³/mol. The van der Waals surface area contributed by atoms with E-state index in [2.05, 4.69) is 16.7 Å². The van der Waals surface area contributed by atoms with Crippen LogP contribution in [0, 0.1) is 0 Å². The summed E-state index contributed by atoms with van der Waals surface area (Å²) in [5.74, 6) is -0.895. The molecule has 8 heavy (non-hydrogen) atoms. The maximum atomic E-state index is 9.73. The van der Waals surface area contributed by atoms with Crippen LogP contribution < -0.4 is 0 Å². The van der Waals surface area contributed by atoms with Crippen LogP contribution in [0.2, 0.25) is 0 Å². The quantitative estimate of drug-likeness (QED) is 0.322. The Balaban J connectivity index is 2.93. The molecule has 0 bridgehead atoms. The fourth-order valence-electron chi connectivity index (χ4n) is 0.198. The van der Waals surface area contributed by atoms with Crippen molar-refractivity contribution in [2.75, 3.05) is 6.61 Å². The van der Waals surface area contributed by atoms with Gasteiger partial charge < -0.3 is 9.94 Å². The molecule has 0 amide bonds. The van der Waals surface area contributed by atoms with Gasteiger partial charge in [-0.05, 0) is 0 Å². The Labute approximate surface area is 46.8 Å². The summed E-state index contributed by atoms with van der Waals surface area (Å²) in [5.41, 5.74) is 0. The summed E-state index contributed by atoms with van der Waals surface area (Å²) in [7, 11) is 0. The summed E-state index contributed by atoms with van der Waals surface area (Å²) in [6.45, 7) is 3.09. The van der Waals surface area contributed by atoms with Crippen molar-refractivity contribution in [3.05, 3.63) is 0 Å². The van der Waals surface area contributed by atoms with Crippen LogP contribution in [0.3, 0.4) is 0 Å². The maximum absolute atomic E-state index is 9.73. The first kappa shape index (κ1) is 6.94. The lowest BCUT2D eigenvalue weighted by atomic mass is 10.5. The minimum absolute atomic E-state index is 0.0288. The number of hydrogen-bond acceptors (Lipinski definition) is 3. The van der Waals surface area contributed by atoms with Gasteiger partial charge in [-0.15, -0.1) is 5.16 Å². The summed E-state index contributed by atoms with van der Waals surface area (Å²) < 4.78 is 0. The molecule has 0 fully saturated rings. The molecule has 4 heteroatoms. The van der Waals surface area contributed by atoms with Crippen LogP contribution in [-0.2, 0) is 9.63 Å². The van der Waals surface area contributed by atoms with Gasteiger partial charge in [0.15, 0.2) is 0 Å². The largest absolute Gasteiger partial charge is 0.481 e. The van der Waals surface area contributed by atoms with E-state index in [1.807, 2.05) is 0 Å². The van der Waals surface area contributed by atoms with Crippen molar-refractivity contribution in [2.45, 2.75) is 6.42 Å². The second-order valence-electron chi connectivity index (χ2n) is 1.11. The molecule has 0 aromatic heterocycles. The van der Waals surface area contributed by atoms with Crippen molar-refractivity contribution < 1.29 is 14.7 Å². The lowest BCUT2D eigenvalue weighted by molar-refractivity contribution is -0.138. The molecule has 0 unspecified atom stereocenters. The van der Waals surface area contributed by atoms with E-state index in [0.717, 1.165) is 0 Å². The minimum atomic E-state index is -0.895. The van der Waals surface area contributed by atoms with Crippen molar-refractivity contribution >= 4 is 12.7 Å². The standard InChI is InChI=1S/C4H7NO3/c1-5-8-3-2-4(6)7/h1-3H2,(H,6,7). The van der Waals surface area contributed by atoms with Crippen LogP contribution in [-0.4, -0.2) is 24.4 Å². The number of aliphatic carboxylic acids is 1. The zero-order valence-electron chi connectivity index (χ0n) is 4.33. The molecule has 0 heterocycles. The summed E-state index contributed by atoms with van der Waals surface area (Å²) in [4.78, 5) is 14.0. The summed E-state index contributed by atoms with van der Waals surface area (Å²) in [6, 6.07) is 0. The highest BCUT2D eigenvalue weighted by atomic mass is 16.6. The molecule has 0 aliphatic heterocycles. The van der Waals surface area contributed by atoms with Gasteiger partial charge in [0.1, 0.15) is 6.61 Å². The van der Waals surface area contributed by atoms with E-state index in [1.165, 1.54) is 0 Å². The number of carboxylic acid groups (broad SMARTS) is 1. The topological polar surface area (TPSA) is 58.9 Å². The molecule has 0 radical (unpaired) electrons. The highest BCUT2D eigenvalue weighted by molar-refractivity contribution is 5.66. The van der Waals surface area contributed by atoms with Gasteiger partial charge in [-0.3, -0.25) is 4.79 Å². The first-order valence-electron chi connectivity index (χ1n) is 2.07. The Morgan fingerprint density at radius 3 is 2.88 bits per heavy atom. The normalized spacial score (nSPS) is 8.00. The van der Waals surface area contributed by atoms with Crippen LogP contribution in [0.5, 0.6) is 0 Å². The number of rotatable bonds is 4. The first-order chi connectivity index (χ1) is 3.77. The van der Waals surface area contributed by atoms with Crippen LogP contribution in [0.4, 0.5) is 0 Å². The zero-order valence-corrected chi connectivity index (χ0v) is 4.33. The van der Waals surface area contributed by atoms with E-state index in [4.69, 9.17) is 5.11 Å². The Bertz CT molecular complexity index is 91.3. The van der Waals surface area contributed by atoms with E-state index in [1.54, 1.807) is 0 Å². The SMILES string of the molecule is C=NOCCC(=O)O. The lowest BCUT2D eigenvalue weighted by Crippen LogP contribution is -1.98. The van der Waals surface area contributed by atoms with Gasteiger partial charge >= 0.3 is 5.97 Å². The fraction of sp³-hybridized carbons (Fsp3) is 0.500. The monoisotopic (exact) mass is 117 g/mol. The third-order valence-electron chi connectivity index (χ3n) is 0.499. The van der Waals surface area contributed by atoms with E-state index in [-0.39, 0.29) is 13.0 Å². The molecule has 1 N–H and O–H groups in total. The number of oxime groups is 1. The van der Waals surface area contributed by atoms with Crippen molar-refractivity contribution in [3.8, 4) is 0 Å². The molecule has 0 aliphatic rings. The van der Waals surface area contributed by atoms with Crippen molar-refractivity contribution in [3.63, 3.8) is 0 Å². The lowest BCUT2D eigenvalue weighted by Gasteiger charge is -1.90. The number of hydrogen-bond donors (Lipinski definition) is 1. The summed E-state index contributed by atoms with van der Waals surface area (Å²) in [6.07, 6.45) is -0.0288. The smallest absolute Gasteiger partial charge is 0.306 e. The minimum Gasteiger partial charge on any atom is -0.481 e. The average molecular weight is 117 g/mol. The molecule has 0 atom stereocenters. The van der Waals surface area contributed by atoms with E-state index >= 15 is 0 Å². The number of carbonyl (C=O) groups is 1. The van der Waals surface area contributed by atoms with Gasteiger partial charge in [-0.2, -0.15) is 0 Å². The highest BCUT2D eigenvalue weighted by Gasteiger charge is 1.93. The van der Waals surface area contributed by atoms with Gasteiger partial charge in [-0.25, -0.2) is 0 Å². The highest BCUT2D eigenvalue weighted by Crippen LogP contribution is 1.80. The molecule has 4 nitrogen and oxygen atoms in total. The van der Waals surface area contributed by atoms with Gasteiger partial charge in [0.25, 0.3) is 0 Å². The fourth-order valence-corrected chi connectivity index (χ4v) is 0.198. The van der Waals surface area contributed by atoms with Crippen LogP contribution in [0.15, 0.2) is 5.16 Å². The molecular weight excluding hydrogens is 110 g/mol. The maximum Gasteiger partial charge on any atom is 0.306 e. The zero-order chi connectivity index (χ0) is 6.41. The van der Waals surface area contributed by atoms with E-state index in [9.17, 15) is 4.79 Å². The molecule has 0 aliphatic carbocycles. The second-order valence-corrected chi connectivity index (χ2v) is 1.11. The van der Waals surface area contributed by atoms with Crippen LogP contribution >= 0.6 is 0 Å². The molecule has 0 rings (SSSR count). The van der Waals surface area contributed by atoms with Crippen LogP contribution in [0.1, 0.15) is 6.42 Å². The van der Waals surface area contributed by atoms with Gasteiger partial charge in [0.2, 0.25) is 0 Å². The molecular formula is C4H7NO3. The molecule has 0 aromatic rings. The molecule has 0 saturated heterocycles. The number of carboxylic acids is 1. The van der Waals surface area contributed by atoms with Gasteiger partial charge in [0.05, 0.1) is 6.42 Å². The van der Waals surface area contributed by atoms with Gasteiger partial charge in [0, 0.05) is 6.72 Å². The van der Waals surface area contributed by atoms with Crippen molar-refractivity contribution in [2.24, 2.45) is 5.16 Å². The molecule has 0 aromatic carbocycles. The average Bonchev–Trinajstić information content (AvgIpc) is 1.66. The third kappa shape index (κ3) is 4.94. The molecule has 0 spiro atoms. The predicted octanol–water partition coefficient (Wildman–Crippen LogP) is 0.0933. The van der Waals surface area contributed by atoms with Crippen molar-refractivity contribution in [1.29, 1.82) is 0 Å². The van der Waals surface area contributed by atoms with Gasteiger partial charge in [-0.1, -0.05) is 0 Å². The van der Waals surface area contributed by atoms with E-state index in [0.29, 0.717) is 0 Å². The Hall–Kier alpha value is -1.06. The third-order valence-corrected chi connectivity index (χ3v) is 0.499. The Kier molecular flexibility index (Phi) is 3.56. The summed E-state index contributed by atoms with van der Waals surface area (Å²) >= 11 is 0. The Morgan fingerprint density at radius 2 is 2.50 bits per heavy atom. The number of nitrogens with zero attached hydrogens (tertiary/aromatic N) is 1. The van der Waals surface area contributed by atoms with Crippen molar-refractivity contribution in [1.82, 2.24) is 0 Å². The molecule has 46 valence electrons. The van der Waals surface area contributed by atoms with Crippen LogP contribution in [0.25, 0.3) is 0 Å². The van der Waals surface area contributed by atoms with E-state index < -0.39 is 5.97 Å².